The molecule has 0 aliphatic rings. The summed E-state index contributed by atoms with van der Waals surface area (Å²) in [5.41, 5.74) is 1.67. The van der Waals surface area contributed by atoms with E-state index in [4.69, 9.17) is 4.74 Å². The Hall–Kier alpha value is -3.78. The number of anilines is 1. The number of nitrogens with zero attached hydrogens (tertiary/aromatic N) is 3. The van der Waals surface area contributed by atoms with Gasteiger partial charge in [-0.1, -0.05) is 48.5 Å². The van der Waals surface area contributed by atoms with Crippen molar-refractivity contribution in [1.82, 2.24) is 9.36 Å². The Morgan fingerprint density at radius 2 is 1.47 bits per heavy atom. The molecule has 0 bridgehead atoms. The van der Waals surface area contributed by atoms with Crippen molar-refractivity contribution < 1.29 is 13.2 Å². The largest absolute Gasteiger partial charge is 0.494 e. The fourth-order valence-electron chi connectivity index (χ4n) is 3.88. The van der Waals surface area contributed by atoms with Crippen LogP contribution >= 0.6 is 0 Å². The van der Waals surface area contributed by atoms with Gasteiger partial charge < -0.3 is 4.74 Å². The van der Waals surface area contributed by atoms with E-state index >= 15 is 0 Å². The molecule has 0 saturated carbocycles. The van der Waals surface area contributed by atoms with Crippen LogP contribution in [-0.2, 0) is 23.6 Å². The van der Waals surface area contributed by atoms with Gasteiger partial charge in [0.05, 0.1) is 29.4 Å². The van der Waals surface area contributed by atoms with E-state index in [1.165, 1.54) is 21.1 Å². The van der Waals surface area contributed by atoms with Crippen LogP contribution in [-0.4, -0.2) is 24.4 Å². The van der Waals surface area contributed by atoms with E-state index in [0.29, 0.717) is 23.7 Å². The predicted octanol–water partition coefficient (Wildman–Crippen LogP) is 4.28. The first-order valence-corrected chi connectivity index (χ1v) is 12.4. The Balaban J connectivity index is 1.89. The maximum Gasteiger partial charge on any atom is 0.296 e. The van der Waals surface area contributed by atoms with E-state index in [1.54, 1.807) is 30.8 Å². The molecule has 0 fully saturated rings. The van der Waals surface area contributed by atoms with Crippen LogP contribution in [0.1, 0.15) is 18.2 Å². The molecule has 1 aromatic heterocycles. The highest BCUT2D eigenvalue weighted by Crippen LogP contribution is 2.28. The molecule has 3 aromatic carbocycles. The van der Waals surface area contributed by atoms with Gasteiger partial charge in [-0.25, -0.2) is 13.1 Å². The van der Waals surface area contributed by atoms with Crippen molar-refractivity contribution in [2.45, 2.75) is 25.3 Å². The minimum Gasteiger partial charge on any atom is -0.494 e. The van der Waals surface area contributed by atoms with Crippen molar-refractivity contribution in [1.29, 1.82) is 0 Å². The van der Waals surface area contributed by atoms with Crippen LogP contribution in [0.4, 0.5) is 5.69 Å². The summed E-state index contributed by atoms with van der Waals surface area (Å²) in [5.74, 6) is 0.582. The molecule has 0 spiro atoms. The number of aromatic nitrogens is 2. The molecule has 0 saturated heterocycles. The molecule has 0 N–H and O–H groups in total. The van der Waals surface area contributed by atoms with E-state index in [1.807, 2.05) is 67.6 Å². The molecular formula is C26H27N3O4S. The Morgan fingerprint density at radius 3 is 2.06 bits per heavy atom. The lowest BCUT2D eigenvalue weighted by Gasteiger charge is -2.23. The highest BCUT2D eigenvalue weighted by atomic mass is 32.2. The Labute approximate surface area is 199 Å². The van der Waals surface area contributed by atoms with Crippen LogP contribution in [0.15, 0.2) is 94.6 Å². The van der Waals surface area contributed by atoms with Crippen LogP contribution in [0.5, 0.6) is 5.75 Å². The number of hydrogen-bond acceptors (Lipinski definition) is 4. The summed E-state index contributed by atoms with van der Waals surface area (Å²) in [5, 5.41) is 0. The van der Waals surface area contributed by atoms with Gasteiger partial charge in [0.1, 0.15) is 11.4 Å². The van der Waals surface area contributed by atoms with Gasteiger partial charge in [-0.05, 0) is 55.8 Å². The summed E-state index contributed by atoms with van der Waals surface area (Å²) in [6.45, 7) is 4.11. The molecule has 0 unspecified atom stereocenters. The van der Waals surface area contributed by atoms with Crippen LogP contribution in [0, 0.1) is 6.92 Å². The maximum atomic E-state index is 13.9. The van der Waals surface area contributed by atoms with Gasteiger partial charge in [0.25, 0.3) is 15.6 Å². The van der Waals surface area contributed by atoms with Gasteiger partial charge in [0.2, 0.25) is 0 Å². The summed E-state index contributed by atoms with van der Waals surface area (Å²) in [4.78, 5) is 13.8. The zero-order valence-electron chi connectivity index (χ0n) is 19.4. The summed E-state index contributed by atoms with van der Waals surface area (Å²) in [6, 6.07) is 24.7. The highest BCUT2D eigenvalue weighted by Gasteiger charge is 2.32. The molecule has 0 amide bonds. The van der Waals surface area contributed by atoms with E-state index in [9.17, 15) is 13.2 Å². The number of sulfonamides is 1. The molecule has 0 radical (unpaired) electrons. The van der Waals surface area contributed by atoms with Crippen molar-refractivity contribution in [3.63, 3.8) is 0 Å². The smallest absolute Gasteiger partial charge is 0.296 e. The van der Waals surface area contributed by atoms with Crippen LogP contribution in [0.2, 0.25) is 0 Å². The first kappa shape index (κ1) is 23.4. The first-order chi connectivity index (χ1) is 16.3. The second kappa shape index (κ2) is 9.61. The topological polar surface area (TPSA) is 73.5 Å². The molecular weight excluding hydrogens is 450 g/mol. The summed E-state index contributed by atoms with van der Waals surface area (Å²) >= 11 is 0. The SMILES string of the molecule is CCOc1ccc(S(=O)(=O)N(Cc2ccccc2)c2c(C)n(C)n(-c3ccccc3)c2=O)cc1. The summed E-state index contributed by atoms with van der Waals surface area (Å²) in [7, 11) is -2.32. The molecule has 0 aliphatic heterocycles. The van der Waals surface area contributed by atoms with Crippen molar-refractivity contribution in [3.8, 4) is 11.4 Å². The predicted molar refractivity (Wildman–Crippen MR) is 133 cm³/mol. The van der Waals surface area contributed by atoms with Gasteiger partial charge in [-0.3, -0.25) is 13.8 Å². The average Bonchev–Trinajstić information content (AvgIpc) is 3.07. The molecule has 4 rings (SSSR count). The zero-order chi connectivity index (χ0) is 24.3. The lowest BCUT2D eigenvalue weighted by atomic mass is 10.2. The molecule has 7 nitrogen and oxygen atoms in total. The quantitative estimate of drug-likeness (QED) is 0.380. The van der Waals surface area contributed by atoms with Gasteiger partial charge in [0, 0.05) is 7.05 Å². The van der Waals surface area contributed by atoms with Crippen molar-refractivity contribution >= 4 is 15.7 Å². The van der Waals surface area contributed by atoms with Crippen LogP contribution < -0.4 is 14.6 Å². The van der Waals surface area contributed by atoms with E-state index < -0.39 is 15.6 Å². The fraction of sp³-hybridized carbons (Fsp3) is 0.192. The van der Waals surface area contributed by atoms with Gasteiger partial charge >= 0.3 is 0 Å². The lowest BCUT2D eigenvalue weighted by molar-refractivity contribution is 0.340. The monoisotopic (exact) mass is 477 g/mol. The van der Waals surface area contributed by atoms with Crippen LogP contribution in [0.25, 0.3) is 5.69 Å². The number of hydrogen-bond donors (Lipinski definition) is 0. The van der Waals surface area contributed by atoms with Crippen molar-refractivity contribution in [2.75, 3.05) is 10.9 Å². The van der Waals surface area contributed by atoms with Gasteiger partial charge in [-0.2, -0.15) is 0 Å². The van der Waals surface area contributed by atoms with Gasteiger partial charge in [-0.15, -0.1) is 0 Å². The van der Waals surface area contributed by atoms with Crippen molar-refractivity contribution in [2.24, 2.45) is 7.05 Å². The third-order valence-electron chi connectivity index (χ3n) is 5.66. The average molecular weight is 478 g/mol. The zero-order valence-corrected chi connectivity index (χ0v) is 20.2. The summed E-state index contributed by atoms with van der Waals surface area (Å²) in [6.07, 6.45) is 0. The third kappa shape index (κ3) is 4.36. The number of rotatable bonds is 8. The standard InChI is InChI=1S/C26H27N3O4S/c1-4-33-23-15-17-24(18-16-23)34(31,32)28(19-21-11-7-5-8-12-21)25-20(2)27(3)29(26(25)30)22-13-9-6-10-14-22/h5-18H,4,19H2,1-3H3. The molecule has 0 aliphatic carbocycles. The summed E-state index contributed by atoms with van der Waals surface area (Å²) < 4.78 is 37.6. The fourth-order valence-corrected chi connectivity index (χ4v) is 5.38. The third-order valence-corrected chi connectivity index (χ3v) is 7.42. The van der Waals surface area contributed by atoms with Crippen LogP contribution in [0.3, 0.4) is 0 Å². The Morgan fingerprint density at radius 1 is 0.882 bits per heavy atom. The first-order valence-electron chi connectivity index (χ1n) is 11.0. The number of benzene rings is 3. The van der Waals surface area contributed by atoms with Gasteiger partial charge in [0.15, 0.2) is 0 Å². The minimum atomic E-state index is -4.06. The molecule has 176 valence electrons. The number of para-hydroxylation sites is 1. The molecule has 8 heteroatoms. The molecule has 34 heavy (non-hydrogen) atoms. The second-order valence-corrected chi connectivity index (χ2v) is 9.67. The maximum absolute atomic E-state index is 13.9. The molecule has 1 heterocycles. The number of ether oxygens (including phenoxy) is 1. The van der Waals surface area contributed by atoms with Crippen molar-refractivity contribution in [3.05, 3.63) is 107 Å². The second-order valence-electron chi connectivity index (χ2n) is 7.81. The highest BCUT2D eigenvalue weighted by molar-refractivity contribution is 7.92. The minimum absolute atomic E-state index is 0.0191. The normalized spacial score (nSPS) is 11.4. The lowest BCUT2D eigenvalue weighted by Crippen LogP contribution is -2.35. The molecule has 4 aromatic rings. The van der Waals surface area contributed by atoms with E-state index in [2.05, 4.69) is 0 Å². The Kier molecular flexibility index (Phi) is 6.61. The molecule has 0 atom stereocenters. The van der Waals surface area contributed by atoms with E-state index in [-0.39, 0.29) is 17.1 Å². The van der Waals surface area contributed by atoms with E-state index in [0.717, 1.165) is 5.56 Å². The Bertz CT molecular complexity index is 1430.